The lowest BCUT2D eigenvalue weighted by molar-refractivity contribution is 0.587. The molecule has 0 aromatic rings. The highest BCUT2D eigenvalue weighted by Crippen LogP contribution is 2.15. The summed E-state index contributed by atoms with van der Waals surface area (Å²) in [5.41, 5.74) is 0.816. The molecule has 0 saturated heterocycles. The van der Waals surface area contributed by atoms with Crippen LogP contribution in [0.3, 0.4) is 0 Å². The quantitative estimate of drug-likeness (QED) is 0.502. The molecular formula is C7H8ClFN2. The van der Waals surface area contributed by atoms with Gasteiger partial charge in [-0.2, -0.15) is 0 Å². The van der Waals surface area contributed by atoms with Gasteiger partial charge in [-0.1, -0.05) is 17.7 Å². The zero-order valence-corrected chi connectivity index (χ0v) is 6.61. The SMILES string of the molecule is FCC=N/C(Cl)=C1\CC=CN1. The fraction of sp³-hybridized carbons (Fsp3) is 0.286. The van der Waals surface area contributed by atoms with E-state index < -0.39 is 6.67 Å². The Morgan fingerprint density at radius 1 is 1.91 bits per heavy atom. The Morgan fingerprint density at radius 3 is 3.27 bits per heavy atom. The molecule has 0 aliphatic carbocycles. The summed E-state index contributed by atoms with van der Waals surface area (Å²) in [4.78, 5) is 3.67. The van der Waals surface area contributed by atoms with E-state index in [1.807, 2.05) is 6.08 Å². The van der Waals surface area contributed by atoms with Crippen LogP contribution in [0.4, 0.5) is 4.39 Å². The summed E-state index contributed by atoms with van der Waals surface area (Å²) in [6.45, 7) is -0.586. The van der Waals surface area contributed by atoms with E-state index in [0.29, 0.717) is 5.16 Å². The van der Waals surface area contributed by atoms with Crippen LogP contribution in [0.25, 0.3) is 0 Å². The summed E-state index contributed by atoms with van der Waals surface area (Å²) in [5.74, 6) is 0. The Kier molecular flexibility index (Phi) is 3.11. The van der Waals surface area contributed by atoms with Crippen LogP contribution in [0.2, 0.25) is 0 Å². The second-order valence-electron chi connectivity index (χ2n) is 1.99. The molecule has 11 heavy (non-hydrogen) atoms. The number of nitrogens with one attached hydrogen (secondary N) is 1. The maximum atomic E-state index is 11.6. The molecule has 0 bridgehead atoms. The molecule has 0 amide bonds. The first-order valence-corrected chi connectivity index (χ1v) is 3.61. The molecule has 0 saturated carbocycles. The summed E-state index contributed by atoms with van der Waals surface area (Å²) in [6, 6.07) is 0. The molecule has 1 heterocycles. The van der Waals surface area contributed by atoms with Crippen molar-refractivity contribution in [2.45, 2.75) is 6.42 Å². The average molecular weight is 175 g/mol. The number of hydrogen-bond donors (Lipinski definition) is 1. The lowest BCUT2D eigenvalue weighted by Crippen LogP contribution is -1.98. The highest BCUT2D eigenvalue weighted by atomic mass is 35.5. The van der Waals surface area contributed by atoms with Crippen LogP contribution in [0.15, 0.2) is 28.1 Å². The molecule has 1 rings (SSSR count). The first kappa shape index (κ1) is 8.27. The van der Waals surface area contributed by atoms with Crippen LogP contribution >= 0.6 is 11.6 Å². The van der Waals surface area contributed by atoms with E-state index in [2.05, 4.69) is 10.3 Å². The molecule has 0 fully saturated rings. The van der Waals surface area contributed by atoms with Gasteiger partial charge >= 0.3 is 0 Å². The topological polar surface area (TPSA) is 24.4 Å². The summed E-state index contributed by atoms with van der Waals surface area (Å²) in [6.07, 6.45) is 5.57. The lowest BCUT2D eigenvalue weighted by Gasteiger charge is -1.97. The van der Waals surface area contributed by atoms with E-state index in [1.54, 1.807) is 6.20 Å². The fourth-order valence-corrected chi connectivity index (χ4v) is 0.932. The molecule has 0 aromatic heterocycles. The molecular weight excluding hydrogens is 167 g/mol. The van der Waals surface area contributed by atoms with Crippen molar-refractivity contribution in [2.75, 3.05) is 6.67 Å². The third-order valence-corrected chi connectivity index (χ3v) is 1.55. The zero-order chi connectivity index (χ0) is 8.10. The third kappa shape index (κ3) is 2.35. The minimum absolute atomic E-state index is 0.327. The van der Waals surface area contributed by atoms with Crippen molar-refractivity contribution in [1.82, 2.24) is 5.32 Å². The molecule has 0 unspecified atom stereocenters. The molecule has 2 nitrogen and oxygen atoms in total. The maximum Gasteiger partial charge on any atom is 0.148 e. The minimum Gasteiger partial charge on any atom is -0.363 e. The smallest absolute Gasteiger partial charge is 0.148 e. The zero-order valence-electron chi connectivity index (χ0n) is 5.85. The van der Waals surface area contributed by atoms with Crippen LogP contribution < -0.4 is 5.32 Å². The van der Waals surface area contributed by atoms with Crippen molar-refractivity contribution in [3.63, 3.8) is 0 Å². The van der Waals surface area contributed by atoms with Crippen LogP contribution in [-0.2, 0) is 0 Å². The van der Waals surface area contributed by atoms with Crippen molar-refractivity contribution < 1.29 is 4.39 Å². The molecule has 1 aliphatic heterocycles. The molecule has 0 spiro atoms. The van der Waals surface area contributed by atoms with E-state index in [0.717, 1.165) is 18.3 Å². The van der Waals surface area contributed by atoms with Gasteiger partial charge in [0.1, 0.15) is 11.8 Å². The summed E-state index contributed by atoms with van der Waals surface area (Å²) >= 11 is 5.68. The van der Waals surface area contributed by atoms with Gasteiger partial charge in [-0.3, -0.25) is 0 Å². The summed E-state index contributed by atoms with van der Waals surface area (Å²) < 4.78 is 11.6. The molecule has 4 heteroatoms. The molecule has 60 valence electrons. The largest absolute Gasteiger partial charge is 0.363 e. The Labute approximate surface area is 69.5 Å². The fourth-order valence-electron chi connectivity index (χ4n) is 0.732. The molecule has 1 N–H and O–H groups in total. The molecule has 0 aromatic carbocycles. The second-order valence-corrected chi connectivity index (χ2v) is 2.34. The van der Waals surface area contributed by atoms with Gasteiger partial charge < -0.3 is 5.32 Å². The Hall–Kier alpha value is -0.830. The van der Waals surface area contributed by atoms with Gasteiger partial charge in [-0.05, 0) is 6.20 Å². The van der Waals surface area contributed by atoms with Crippen molar-refractivity contribution in [3.05, 3.63) is 23.1 Å². The van der Waals surface area contributed by atoms with Crippen molar-refractivity contribution >= 4 is 17.8 Å². The van der Waals surface area contributed by atoms with Gasteiger partial charge in [0, 0.05) is 12.6 Å². The van der Waals surface area contributed by atoms with E-state index in [9.17, 15) is 4.39 Å². The van der Waals surface area contributed by atoms with Gasteiger partial charge in [0.2, 0.25) is 0 Å². The first-order chi connectivity index (χ1) is 5.34. The predicted molar refractivity (Wildman–Crippen MR) is 44.2 cm³/mol. The number of alkyl halides is 1. The number of nitrogens with zero attached hydrogens (tertiary/aromatic N) is 1. The monoisotopic (exact) mass is 174 g/mol. The van der Waals surface area contributed by atoms with Crippen LogP contribution in [0.1, 0.15) is 6.42 Å². The molecule has 0 radical (unpaired) electrons. The van der Waals surface area contributed by atoms with Crippen LogP contribution in [-0.4, -0.2) is 12.9 Å². The number of allylic oxidation sites excluding steroid dienone is 1. The van der Waals surface area contributed by atoms with E-state index >= 15 is 0 Å². The van der Waals surface area contributed by atoms with Gasteiger partial charge in [-0.15, -0.1) is 0 Å². The number of rotatable bonds is 2. The second kappa shape index (κ2) is 4.13. The van der Waals surface area contributed by atoms with Crippen molar-refractivity contribution in [2.24, 2.45) is 4.99 Å². The van der Waals surface area contributed by atoms with Gasteiger partial charge in [-0.25, -0.2) is 9.38 Å². The van der Waals surface area contributed by atoms with Crippen LogP contribution in [0, 0.1) is 0 Å². The Balaban J connectivity index is 2.57. The first-order valence-electron chi connectivity index (χ1n) is 3.23. The molecule has 0 atom stereocenters. The Morgan fingerprint density at radius 2 is 2.73 bits per heavy atom. The highest BCUT2D eigenvalue weighted by Gasteiger charge is 2.03. The van der Waals surface area contributed by atoms with Crippen LogP contribution in [0.5, 0.6) is 0 Å². The van der Waals surface area contributed by atoms with E-state index in [4.69, 9.17) is 11.6 Å². The summed E-state index contributed by atoms with van der Waals surface area (Å²) in [7, 11) is 0. The minimum atomic E-state index is -0.586. The van der Waals surface area contributed by atoms with Gasteiger partial charge in [0.25, 0.3) is 0 Å². The normalized spacial score (nSPS) is 20.9. The third-order valence-electron chi connectivity index (χ3n) is 1.22. The Bertz CT molecular complexity index is 210. The standard InChI is InChI=1S/C7H8ClFN2/c8-7(11-5-3-9)6-2-1-4-10-6/h1,4-5,10H,2-3H2/b7-6+,11-5?. The predicted octanol–water partition coefficient (Wildman–Crippen LogP) is 1.94. The number of hydrogen-bond acceptors (Lipinski definition) is 2. The van der Waals surface area contributed by atoms with Crippen molar-refractivity contribution in [1.29, 1.82) is 0 Å². The highest BCUT2D eigenvalue weighted by molar-refractivity contribution is 6.30. The average Bonchev–Trinajstić information content (AvgIpc) is 2.52. The van der Waals surface area contributed by atoms with Crippen molar-refractivity contribution in [3.8, 4) is 0 Å². The van der Waals surface area contributed by atoms with Gasteiger partial charge in [0.15, 0.2) is 0 Å². The lowest BCUT2D eigenvalue weighted by atomic mass is 10.4. The molecule has 1 aliphatic rings. The van der Waals surface area contributed by atoms with Gasteiger partial charge in [0.05, 0.1) is 5.70 Å². The van der Waals surface area contributed by atoms with E-state index in [1.165, 1.54) is 0 Å². The maximum absolute atomic E-state index is 11.6. The number of aliphatic imine (C=N–C) groups is 1. The van der Waals surface area contributed by atoms with E-state index in [-0.39, 0.29) is 0 Å². The summed E-state index contributed by atoms with van der Waals surface area (Å²) in [5, 5.41) is 3.22. The number of halogens is 2.